The molecule has 8 heteroatoms. The van der Waals surface area contributed by atoms with Crippen molar-refractivity contribution in [1.82, 2.24) is 5.32 Å². The Morgan fingerprint density at radius 2 is 1.83 bits per heavy atom. The summed E-state index contributed by atoms with van der Waals surface area (Å²) in [7, 11) is 2.97. The summed E-state index contributed by atoms with van der Waals surface area (Å²) in [6, 6.07) is 6.43. The van der Waals surface area contributed by atoms with Crippen LogP contribution in [0, 0.1) is 11.6 Å². The van der Waals surface area contributed by atoms with E-state index in [1.54, 1.807) is 12.1 Å². The van der Waals surface area contributed by atoms with Crippen molar-refractivity contribution in [3.8, 4) is 11.5 Å². The van der Waals surface area contributed by atoms with Crippen molar-refractivity contribution in [3.05, 3.63) is 52.6 Å². The first-order chi connectivity index (χ1) is 11.4. The van der Waals surface area contributed by atoms with E-state index in [4.69, 9.17) is 33.3 Å². The number of anilines is 1. The van der Waals surface area contributed by atoms with Crippen molar-refractivity contribution in [2.75, 3.05) is 19.5 Å². The SMILES string of the molecule is COc1cc(NC(=S)NCc2cc(F)ccc2F)c(OC)cc1Cl. The lowest BCUT2D eigenvalue weighted by Gasteiger charge is -2.15. The van der Waals surface area contributed by atoms with Crippen LogP contribution < -0.4 is 20.1 Å². The average Bonchev–Trinajstić information content (AvgIpc) is 2.56. The molecule has 2 N–H and O–H groups in total. The Morgan fingerprint density at radius 3 is 2.50 bits per heavy atom. The summed E-state index contributed by atoms with van der Waals surface area (Å²) in [6.45, 7) is 0.0302. The van der Waals surface area contributed by atoms with Gasteiger partial charge in [0, 0.05) is 24.2 Å². The van der Waals surface area contributed by atoms with Crippen LogP contribution in [-0.4, -0.2) is 19.3 Å². The number of hydrogen-bond acceptors (Lipinski definition) is 3. The van der Waals surface area contributed by atoms with Gasteiger partial charge in [-0.3, -0.25) is 0 Å². The van der Waals surface area contributed by atoms with Crippen molar-refractivity contribution in [3.63, 3.8) is 0 Å². The lowest BCUT2D eigenvalue weighted by molar-refractivity contribution is 0.405. The minimum atomic E-state index is -0.517. The highest BCUT2D eigenvalue weighted by atomic mass is 35.5. The molecule has 0 saturated carbocycles. The van der Waals surface area contributed by atoms with Crippen molar-refractivity contribution < 1.29 is 18.3 Å². The Bertz CT molecular complexity index is 759. The molecular formula is C16H15ClF2N2O2S. The highest BCUT2D eigenvalue weighted by Gasteiger charge is 2.11. The molecule has 2 aromatic carbocycles. The van der Waals surface area contributed by atoms with Gasteiger partial charge in [0.1, 0.15) is 23.1 Å². The molecule has 0 unspecified atom stereocenters. The van der Waals surface area contributed by atoms with E-state index < -0.39 is 11.6 Å². The molecule has 4 nitrogen and oxygen atoms in total. The molecule has 0 aliphatic carbocycles. The number of nitrogens with one attached hydrogen (secondary N) is 2. The number of halogens is 3. The van der Waals surface area contributed by atoms with Crippen LogP contribution >= 0.6 is 23.8 Å². The van der Waals surface area contributed by atoms with Crippen molar-refractivity contribution in [1.29, 1.82) is 0 Å². The number of hydrogen-bond donors (Lipinski definition) is 2. The molecule has 0 radical (unpaired) electrons. The highest BCUT2D eigenvalue weighted by Crippen LogP contribution is 2.35. The largest absolute Gasteiger partial charge is 0.495 e. The first-order valence-electron chi connectivity index (χ1n) is 6.85. The van der Waals surface area contributed by atoms with Gasteiger partial charge in [-0.05, 0) is 30.4 Å². The summed E-state index contributed by atoms with van der Waals surface area (Å²) in [5.41, 5.74) is 0.691. The lowest BCUT2D eigenvalue weighted by Crippen LogP contribution is -2.28. The maximum Gasteiger partial charge on any atom is 0.171 e. The molecule has 24 heavy (non-hydrogen) atoms. The van der Waals surface area contributed by atoms with Crippen LogP contribution in [0.2, 0.25) is 5.02 Å². The maximum atomic E-state index is 13.6. The average molecular weight is 373 g/mol. The van der Waals surface area contributed by atoms with Crippen LogP contribution in [0.25, 0.3) is 0 Å². The molecule has 0 bridgehead atoms. The second-order valence-electron chi connectivity index (χ2n) is 4.73. The third-order valence-electron chi connectivity index (χ3n) is 3.17. The van der Waals surface area contributed by atoms with Gasteiger partial charge in [-0.2, -0.15) is 0 Å². The Hall–Kier alpha value is -2.12. The van der Waals surface area contributed by atoms with Crippen LogP contribution in [0.1, 0.15) is 5.56 Å². The van der Waals surface area contributed by atoms with Crippen LogP contribution in [0.5, 0.6) is 11.5 Å². The molecule has 0 amide bonds. The van der Waals surface area contributed by atoms with Crippen molar-refractivity contribution >= 4 is 34.6 Å². The summed E-state index contributed by atoms with van der Waals surface area (Å²) >= 11 is 11.2. The number of methoxy groups -OCH3 is 2. The van der Waals surface area contributed by atoms with Gasteiger partial charge in [0.05, 0.1) is 24.9 Å². The van der Waals surface area contributed by atoms with Crippen LogP contribution in [-0.2, 0) is 6.54 Å². The van der Waals surface area contributed by atoms with Gasteiger partial charge in [-0.15, -0.1) is 0 Å². The van der Waals surface area contributed by atoms with Crippen LogP contribution in [0.15, 0.2) is 30.3 Å². The van der Waals surface area contributed by atoms with Gasteiger partial charge in [0.25, 0.3) is 0 Å². The van der Waals surface area contributed by atoms with Gasteiger partial charge in [0.15, 0.2) is 5.11 Å². The van der Waals surface area contributed by atoms with Crippen LogP contribution in [0.4, 0.5) is 14.5 Å². The van der Waals surface area contributed by atoms with Gasteiger partial charge >= 0.3 is 0 Å². The van der Waals surface area contributed by atoms with Gasteiger partial charge in [-0.1, -0.05) is 11.6 Å². The zero-order chi connectivity index (χ0) is 17.7. The zero-order valence-corrected chi connectivity index (χ0v) is 14.5. The summed E-state index contributed by atoms with van der Waals surface area (Å²) < 4.78 is 37.1. The normalized spacial score (nSPS) is 10.2. The van der Waals surface area contributed by atoms with E-state index in [-0.39, 0.29) is 17.2 Å². The van der Waals surface area contributed by atoms with E-state index >= 15 is 0 Å². The molecular weight excluding hydrogens is 358 g/mol. The Kier molecular flexibility index (Phi) is 6.16. The van der Waals surface area contributed by atoms with Crippen molar-refractivity contribution in [2.24, 2.45) is 0 Å². The molecule has 0 aliphatic rings. The molecule has 0 fully saturated rings. The number of benzene rings is 2. The minimum Gasteiger partial charge on any atom is -0.495 e. The Morgan fingerprint density at radius 1 is 1.12 bits per heavy atom. The monoisotopic (exact) mass is 372 g/mol. The predicted octanol–water partition coefficient (Wildman–Crippen LogP) is 4.12. The van der Waals surface area contributed by atoms with Crippen LogP contribution in [0.3, 0.4) is 0 Å². The molecule has 0 atom stereocenters. The van der Waals surface area contributed by atoms with E-state index in [1.807, 2.05) is 0 Å². The van der Waals surface area contributed by atoms with E-state index in [2.05, 4.69) is 10.6 Å². The molecule has 2 aromatic rings. The predicted molar refractivity (Wildman–Crippen MR) is 94.0 cm³/mol. The zero-order valence-electron chi connectivity index (χ0n) is 13.0. The first kappa shape index (κ1) is 18.2. The second kappa shape index (κ2) is 8.12. The van der Waals surface area contributed by atoms with E-state index in [0.29, 0.717) is 22.2 Å². The third-order valence-corrected chi connectivity index (χ3v) is 3.71. The van der Waals surface area contributed by atoms with Gasteiger partial charge < -0.3 is 20.1 Å². The van der Waals surface area contributed by atoms with E-state index in [9.17, 15) is 8.78 Å². The molecule has 2 rings (SSSR count). The number of thiocarbonyl (C=S) groups is 1. The van der Waals surface area contributed by atoms with Gasteiger partial charge in [0.2, 0.25) is 0 Å². The van der Waals surface area contributed by atoms with Gasteiger partial charge in [-0.25, -0.2) is 8.78 Å². The minimum absolute atomic E-state index is 0.0302. The Balaban J connectivity index is 2.08. The fourth-order valence-corrected chi connectivity index (χ4v) is 2.39. The van der Waals surface area contributed by atoms with E-state index in [0.717, 1.165) is 18.2 Å². The number of rotatable bonds is 5. The molecule has 0 saturated heterocycles. The maximum absolute atomic E-state index is 13.6. The fraction of sp³-hybridized carbons (Fsp3) is 0.188. The standard InChI is InChI=1S/C16H15ClF2N2O2S/c1-22-14-7-13(15(23-2)6-11(14)17)21-16(24)20-8-9-5-10(18)3-4-12(9)19/h3-7H,8H2,1-2H3,(H2,20,21,24). The summed E-state index contributed by atoms with van der Waals surface area (Å²) in [6.07, 6.45) is 0. The fourth-order valence-electron chi connectivity index (χ4n) is 1.98. The molecule has 0 spiro atoms. The number of ether oxygens (including phenoxy) is 2. The van der Waals surface area contributed by atoms with E-state index in [1.165, 1.54) is 14.2 Å². The first-order valence-corrected chi connectivity index (χ1v) is 7.63. The Labute approximate surface area is 148 Å². The summed E-state index contributed by atoms with van der Waals surface area (Å²) in [5, 5.41) is 6.31. The molecule has 128 valence electrons. The summed E-state index contributed by atoms with van der Waals surface area (Å²) in [5.74, 6) is -0.130. The smallest absolute Gasteiger partial charge is 0.171 e. The molecule has 0 heterocycles. The summed E-state index contributed by atoms with van der Waals surface area (Å²) in [4.78, 5) is 0. The quantitative estimate of drug-likeness (QED) is 0.773. The lowest BCUT2D eigenvalue weighted by atomic mass is 10.2. The third kappa shape index (κ3) is 4.46. The second-order valence-corrected chi connectivity index (χ2v) is 5.55. The highest BCUT2D eigenvalue weighted by molar-refractivity contribution is 7.80. The topological polar surface area (TPSA) is 42.5 Å². The molecule has 0 aromatic heterocycles. The van der Waals surface area contributed by atoms with Crippen molar-refractivity contribution in [2.45, 2.75) is 6.54 Å². The molecule has 0 aliphatic heterocycles.